The normalized spacial score (nSPS) is 12.5. The summed E-state index contributed by atoms with van der Waals surface area (Å²) >= 11 is 5.36. The van der Waals surface area contributed by atoms with Gasteiger partial charge in [0, 0.05) is 17.5 Å². The number of hydrogen-bond donors (Lipinski definition) is 1. The third-order valence-corrected chi connectivity index (χ3v) is 2.33. The van der Waals surface area contributed by atoms with Crippen LogP contribution in [0.4, 0.5) is 13.2 Å². The Labute approximate surface area is 94.6 Å². The van der Waals surface area contributed by atoms with E-state index in [1.807, 2.05) is 0 Å². The van der Waals surface area contributed by atoms with E-state index in [0.717, 1.165) is 0 Å². The van der Waals surface area contributed by atoms with Crippen molar-refractivity contribution in [3.63, 3.8) is 0 Å². The molecule has 1 aromatic carbocycles. The maximum absolute atomic E-state index is 13.3. The highest BCUT2D eigenvalue weighted by molar-refractivity contribution is 6.18. The minimum Gasteiger partial charge on any atom is -0.481 e. The Morgan fingerprint density at radius 2 is 1.81 bits per heavy atom. The highest BCUT2D eigenvalue weighted by Crippen LogP contribution is 2.25. The number of halogens is 4. The van der Waals surface area contributed by atoms with E-state index in [1.165, 1.54) is 0 Å². The number of benzene rings is 1. The highest BCUT2D eigenvalue weighted by atomic mass is 35.5. The van der Waals surface area contributed by atoms with Gasteiger partial charge in [-0.25, -0.2) is 13.2 Å². The van der Waals surface area contributed by atoms with Crippen LogP contribution in [0.5, 0.6) is 0 Å². The Bertz CT molecular complexity index is 409. The van der Waals surface area contributed by atoms with Crippen LogP contribution in [0, 0.1) is 17.5 Å². The maximum Gasteiger partial charge on any atom is 0.311 e. The first kappa shape index (κ1) is 12.8. The van der Waals surface area contributed by atoms with Gasteiger partial charge in [-0.05, 0) is 12.5 Å². The van der Waals surface area contributed by atoms with Crippen LogP contribution < -0.4 is 0 Å². The number of carbonyl (C=O) groups is 1. The molecular weight excluding hydrogens is 245 g/mol. The lowest BCUT2D eigenvalue weighted by Gasteiger charge is -2.12. The van der Waals surface area contributed by atoms with Gasteiger partial charge in [0.25, 0.3) is 0 Å². The van der Waals surface area contributed by atoms with E-state index in [1.54, 1.807) is 0 Å². The van der Waals surface area contributed by atoms with Crippen LogP contribution in [0.15, 0.2) is 12.1 Å². The summed E-state index contributed by atoms with van der Waals surface area (Å²) in [5.74, 6) is -6.34. The van der Waals surface area contributed by atoms with Gasteiger partial charge in [0.2, 0.25) is 0 Å². The summed E-state index contributed by atoms with van der Waals surface area (Å²) in [6.07, 6.45) is -0.0567. The minimum absolute atomic E-state index is 0.0185. The summed E-state index contributed by atoms with van der Waals surface area (Å²) in [4.78, 5) is 10.8. The fourth-order valence-corrected chi connectivity index (χ4v) is 1.54. The van der Waals surface area contributed by atoms with Crippen LogP contribution in [0.2, 0.25) is 0 Å². The lowest BCUT2D eigenvalue weighted by molar-refractivity contribution is -0.138. The predicted octanol–water partition coefficient (Wildman–Crippen LogP) is 2.90. The number of carboxylic acid groups (broad SMARTS) is 1. The highest BCUT2D eigenvalue weighted by Gasteiger charge is 2.24. The first-order chi connectivity index (χ1) is 7.47. The first-order valence-corrected chi connectivity index (χ1v) is 4.94. The second-order valence-corrected chi connectivity index (χ2v) is 3.53. The van der Waals surface area contributed by atoms with E-state index in [-0.39, 0.29) is 12.3 Å². The number of rotatable bonds is 4. The standard InChI is InChI=1S/C10H8ClF3O2/c11-2-1-5(10(15)16)6-3-8(13)9(14)4-7(6)12/h3-5H,1-2H2,(H,15,16). The lowest BCUT2D eigenvalue weighted by Crippen LogP contribution is -2.14. The number of carboxylic acids is 1. The van der Waals surface area contributed by atoms with Crippen molar-refractivity contribution in [3.05, 3.63) is 35.1 Å². The van der Waals surface area contributed by atoms with Gasteiger partial charge in [-0.2, -0.15) is 0 Å². The predicted molar refractivity (Wildman–Crippen MR) is 52.0 cm³/mol. The monoisotopic (exact) mass is 252 g/mol. The van der Waals surface area contributed by atoms with E-state index in [4.69, 9.17) is 16.7 Å². The molecule has 2 nitrogen and oxygen atoms in total. The van der Waals surface area contributed by atoms with Crippen LogP contribution in [0.25, 0.3) is 0 Å². The van der Waals surface area contributed by atoms with Gasteiger partial charge in [0.1, 0.15) is 5.82 Å². The van der Waals surface area contributed by atoms with Crippen LogP contribution in [-0.2, 0) is 4.79 Å². The van der Waals surface area contributed by atoms with Gasteiger partial charge in [-0.15, -0.1) is 11.6 Å². The van der Waals surface area contributed by atoms with E-state index in [9.17, 15) is 18.0 Å². The van der Waals surface area contributed by atoms with Gasteiger partial charge >= 0.3 is 5.97 Å². The topological polar surface area (TPSA) is 37.3 Å². The molecule has 0 bridgehead atoms. The summed E-state index contributed by atoms with van der Waals surface area (Å²) < 4.78 is 38.7. The second-order valence-electron chi connectivity index (χ2n) is 3.16. The van der Waals surface area contributed by atoms with Crippen molar-refractivity contribution in [1.29, 1.82) is 0 Å². The molecule has 6 heteroatoms. The van der Waals surface area contributed by atoms with E-state index >= 15 is 0 Å². The minimum atomic E-state index is -1.35. The van der Waals surface area contributed by atoms with Crippen LogP contribution in [0.1, 0.15) is 17.9 Å². The first-order valence-electron chi connectivity index (χ1n) is 4.40. The number of alkyl halides is 1. The molecule has 0 aliphatic heterocycles. The lowest BCUT2D eigenvalue weighted by atomic mass is 9.96. The largest absolute Gasteiger partial charge is 0.481 e. The SMILES string of the molecule is O=C(O)C(CCCl)c1cc(F)c(F)cc1F. The molecule has 0 saturated heterocycles. The molecule has 0 radical (unpaired) electrons. The molecular formula is C10H8ClF3O2. The van der Waals surface area contributed by atoms with Gasteiger partial charge in [-0.1, -0.05) is 0 Å². The van der Waals surface area contributed by atoms with Gasteiger partial charge in [0.05, 0.1) is 5.92 Å². The number of hydrogen-bond acceptors (Lipinski definition) is 1. The molecule has 0 aliphatic carbocycles. The Hall–Kier alpha value is -1.23. The molecule has 0 aliphatic rings. The molecule has 1 unspecified atom stereocenters. The zero-order chi connectivity index (χ0) is 12.3. The van der Waals surface area contributed by atoms with Crippen LogP contribution in [0.3, 0.4) is 0 Å². The molecule has 1 atom stereocenters. The zero-order valence-electron chi connectivity index (χ0n) is 8.01. The van der Waals surface area contributed by atoms with Crippen molar-refractivity contribution < 1.29 is 23.1 Å². The molecule has 0 aromatic heterocycles. The zero-order valence-corrected chi connectivity index (χ0v) is 8.77. The van der Waals surface area contributed by atoms with E-state index in [2.05, 4.69) is 0 Å². The quantitative estimate of drug-likeness (QED) is 0.661. The third-order valence-electron chi connectivity index (χ3n) is 2.11. The third kappa shape index (κ3) is 2.66. The van der Waals surface area contributed by atoms with E-state index in [0.29, 0.717) is 12.1 Å². The molecule has 1 N–H and O–H groups in total. The molecule has 0 spiro atoms. The average molecular weight is 253 g/mol. The van der Waals surface area contributed by atoms with Gasteiger partial charge in [0.15, 0.2) is 11.6 Å². The summed E-state index contributed by atoms with van der Waals surface area (Å²) in [7, 11) is 0. The fraction of sp³-hybridized carbons (Fsp3) is 0.300. The van der Waals surface area contributed by atoms with Crippen LogP contribution in [-0.4, -0.2) is 17.0 Å². The average Bonchev–Trinajstić information content (AvgIpc) is 2.20. The van der Waals surface area contributed by atoms with E-state index < -0.39 is 34.9 Å². The molecule has 0 fully saturated rings. The van der Waals surface area contributed by atoms with Crippen molar-refractivity contribution in [2.24, 2.45) is 0 Å². The Balaban J connectivity index is 3.18. The van der Waals surface area contributed by atoms with Crippen LogP contribution >= 0.6 is 11.6 Å². The molecule has 16 heavy (non-hydrogen) atoms. The summed E-state index contributed by atoms with van der Waals surface area (Å²) in [5.41, 5.74) is -0.396. The Kier molecular flexibility index (Phi) is 4.18. The van der Waals surface area contributed by atoms with Crippen molar-refractivity contribution in [3.8, 4) is 0 Å². The molecule has 1 rings (SSSR count). The van der Waals surface area contributed by atoms with Crippen molar-refractivity contribution in [1.82, 2.24) is 0 Å². The van der Waals surface area contributed by atoms with Crippen molar-refractivity contribution >= 4 is 17.6 Å². The van der Waals surface area contributed by atoms with Crippen molar-refractivity contribution in [2.75, 3.05) is 5.88 Å². The maximum atomic E-state index is 13.3. The molecule has 88 valence electrons. The summed E-state index contributed by atoms with van der Waals surface area (Å²) in [6, 6.07) is 0.880. The number of aliphatic carboxylic acids is 1. The molecule has 0 heterocycles. The Morgan fingerprint density at radius 3 is 2.31 bits per heavy atom. The van der Waals surface area contributed by atoms with Gasteiger partial charge < -0.3 is 5.11 Å². The summed E-state index contributed by atoms with van der Waals surface area (Å²) in [6.45, 7) is 0. The Morgan fingerprint density at radius 1 is 1.25 bits per heavy atom. The molecule has 0 saturated carbocycles. The van der Waals surface area contributed by atoms with Crippen molar-refractivity contribution in [2.45, 2.75) is 12.3 Å². The molecule has 0 amide bonds. The van der Waals surface area contributed by atoms with Gasteiger partial charge in [-0.3, -0.25) is 4.79 Å². The summed E-state index contributed by atoms with van der Waals surface area (Å²) in [5, 5.41) is 8.80. The smallest absolute Gasteiger partial charge is 0.311 e. The second kappa shape index (κ2) is 5.21. The fourth-order valence-electron chi connectivity index (χ4n) is 1.33. The molecule has 1 aromatic rings.